The Morgan fingerprint density at radius 3 is 2.17 bits per heavy atom. The number of hydrogen-bond donors (Lipinski definition) is 0. The lowest BCUT2D eigenvalue weighted by Gasteiger charge is -2.07. The summed E-state index contributed by atoms with van der Waals surface area (Å²) in [4.78, 5) is 12.4. The first-order valence-electron chi connectivity index (χ1n) is 9.21. The predicted molar refractivity (Wildman–Crippen MR) is 113 cm³/mol. The van der Waals surface area contributed by atoms with Crippen molar-refractivity contribution < 1.29 is 19.0 Å². The number of rotatable bonds is 5. The van der Waals surface area contributed by atoms with Gasteiger partial charge < -0.3 is 14.2 Å². The Hall–Kier alpha value is -3.79. The molecule has 0 unspecified atom stereocenters. The highest BCUT2D eigenvalue weighted by Gasteiger charge is 2.22. The van der Waals surface area contributed by atoms with Gasteiger partial charge in [0.1, 0.15) is 17.3 Å². The summed E-state index contributed by atoms with van der Waals surface area (Å²) in [6.45, 7) is 0. The van der Waals surface area contributed by atoms with E-state index in [4.69, 9.17) is 14.2 Å². The summed E-state index contributed by atoms with van der Waals surface area (Å²) in [5, 5.41) is 0. The van der Waals surface area contributed by atoms with E-state index in [0.717, 1.165) is 22.3 Å². The average Bonchev–Trinajstić information content (AvgIpc) is 3.15. The third kappa shape index (κ3) is 3.92. The Balaban J connectivity index is 1.62. The molecule has 1 aliphatic rings. The van der Waals surface area contributed by atoms with Crippen molar-refractivity contribution in [2.24, 2.45) is 0 Å². The van der Waals surface area contributed by atoms with Crippen LogP contribution in [0.15, 0.2) is 84.4 Å². The number of esters is 1. The van der Waals surface area contributed by atoms with Crippen LogP contribution >= 0.6 is 0 Å². The van der Waals surface area contributed by atoms with Gasteiger partial charge in [-0.15, -0.1) is 0 Å². The van der Waals surface area contributed by atoms with Crippen molar-refractivity contribution in [1.82, 2.24) is 0 Å². The second kappa shape index (κ2) is 8.07. The number of benzene rings is 3. The summed E-state index contributed by atoms with van der Waals surface area (Å²) in [5.41, 5.74) is 4.34. The molecular formula is C25H20O4. The normalized spacial score (nSPS) is 14.5. The number of ether oxygens (including phenoxy) is 3. The molecule has 1 heterocycles. The molecule has 3 aromatic rings. The van der Waals surface area contributed by atoms with Crippen molar-refractivity contribution in [2.75, 3.05) is 14.2 Å². The van der Waals surface area contributed by atoms with Gasteiger partial charge >= 0.3 is 5.97 Å². The van der Waals surface area contributed by atoms with Crippen LogP contribution < -0.4 is 9.47 Å². The Morgan fingerprint density at radius 1 is 0.793 bits per heavy atom. The average molecular weight is 384 g/mol. The SMILES string of the molecule is COc1ccc(/C=C2/C=C(c3ccc(-c4ccccc4)cc3)OC2=O)c(OC)c1. The molecule has 0 aliphatic carbocycles. The van der Waals surface area contributed by atoms with E-state index in [1.165, 1.54) is 0 Å². The predicted octanol–water partition coefficient (Wildman–Crippen LogP) is 5.35. The number of carbonyl (C=O) groups excluding carboxylic acids is 1. The van der Waals surface area contributed by atoms with Gasteiger partial charge in [-0.25, -0.2) is 4.79 Å². The van der Waals surface area contributed by atoms with Gasteiger partial charge in [0.15, 0.2) is 0 Å². The topological polar surface area (TPSA) is 44.8 Å². The van der Waals surface area contributed by atoms with Gasteiger partial charge in [0.2, 0.25) is 0 Å². The van der Waals surface area contributed by atoms with E-state index in [2.05, 4.69) is 12.1 Å². The molecule has 0 fully saturated rings. The van der Waals surface area contributed by atoms with Gasteiger partial charge in [-0.1, -0.05) is 54.6 Å². The molecule has 0 aromatic heterocycles. The van der Waals surface area contributed by atoms with Gasteiger partial charge in [-0.2, -0.15) is 0 Å². The number of hydrogen-bond acceptors (Lipinski definition) is 4. The molecule has 0 bridgehead atoms. The van der Waals surface area contributed by atoms with E-state index < -0.39 is 0 Å². The van der Waals surface area contributed by atoms with Crippen molar-refractivity contribution in [1.29, 1.82) is 0 Å². The van der Waals surface area contributed by atoms with Crippen LogP contribution in [0.2, 0.25) is 0 Å². The van der Waals surface area contributed by atoms with Crippen molar-refractivity contribution >= 4 is 17.8 Å². The fourth-order valence-electron chi connectivity index (χ4n) is 3.19. The van der Waals surface area contributed by atoms with Crippen LogP contribution in [0.5, 0.6) is 11.5 Å². The van der Waals surface area contributed by atoms with Crippen molar-refractivity contribution in [3.05, 3.63) is 95.6 Å². The Kier molecular flexibility index (Phi) is 5.16. The lowest BCUT2D eigenvalue weighted by molar-refractivity contribution is -0.130. The molecule has 29 heavy (non-hydrogen) atoms. The first-order valence-corrected chi connectivity index (χ1v) is 9.21. The van der Waals surface area contributed by atoms with Gasteiger partial charge in [0.25, 0.3) is 0 Å². The maximum Gasteiger partial charge on any atom is 0.343 e. The molecule has 0 N–H and O–H groups in total. The van der Waals surface area contributed by atoms with E-state index in [9.17, 15) is 4.79 Å². The Morgan fingerprint density at radius 2 is 1.48 bits per heavy atom. The third-order valence-corrected chi connectivity index (χ3v) is 4.75. The van der Waals surface area contributed by atoms with Gasteiger partial charge in [0, 0.05) is 17.2 Å². The van der Waals surface area contributed by atoms with E-state index >= 15 is 0 Å². The second-order valence-electron chi connectivity index (χ2n) is 6.55. The van der Waals surface area contributed by atoms with Crippen LogP contribution in [-0.2, 0) is 9.53 Å². The molecule has 0 saturated carbocycles. The first kappa shape index (κ1) is 18.6. The van der Waals surface area contributed by atoms with Crippen LogP contribution in [0.1, 0.15) is 11.1 Å². The van der Waals surface area contributed by atoms with Crippen LogP contribution in [-0.4, -0.2) is 20.2 Å². The summed E-state index contributed by atoms with van der Waals surface area (Å²) in [6, 6.07) is 23.5. The molecule has 0 radical (unpaired) electrons. The van der Waals surface area contributed by atoms with Crippen LogP contribution in [0.4, 0.5) is 0 Å². The number of cyclic esters (lactones) is 1. The minimum atomic E-state index is -0.384. The second-order valence-corrected chi connectivity index (χ2v) is 6.55. The zero-order valence-corrected chi connectivity index (χ0v) is 16.2. The molecule has 4 nitrogen and oxygen atoms in total. The highest BCUT2D eigenvalue weighted by atomic mass is 16.5. The molecule has 3 aromatic carbocycles. The lowest BCUT2D eigenvalue weighted by Crippen LogP contribution is -1.98. The summed E-state index contributed by atoms with van der Waals surface area (Å²) in [7, 11) is 3.18. The molecular weight excluding hydrogens is 364 g/mol. The van der Waals surface area contributed by atoms with E-state index in [1.807, 2.05) is 54.6 Å². The van der Waals surface area contributed by atoms with Crippen LogP contribution in [0.3, 0.4) is 0 Å². The monoisotopic (exact) mass is 384 g/mol. The first-order chi connectivity index (χ1) is 14.2. The van der Waals surface area contributed by atoms with Gasteiger partial charge in [0.05, 0.1) is 19.8 Å². The van der Waals surface area contributed by atoms with Gasteiger partial charge in [-0.3, -0.25) is 0 Å². The number of carbonyl (C=O) groups is 1. The van der Waals surface area contributed by atoms with Gasteiger partial charge in [-0.05, 0) is 35.4 Å². The molecule has 0 spiro atoms. The third-order valence-electron chi connectivity index (χ3n) is 4.75. The van der Waals surface area contributed by atoms with Crippen LogP contribution in [0.25, 0.3) is 23.0 Å². The van der Waals surface area contributed by atoms with E-state index in [1.54, 1.807) is 32.4 Å². The maximum absolute atomic E-state index is 12.4. The summed E-state index contributed by atoms with van der Waals surface area (Å²) in [5.74, 6) is 1.46. The number of methoxy groups -OCH3 is 2. The maximum atomic E-state index is 12.4. The largest absolute Gasteiger partial charge is 0.497 e. The van der Waals surface area contributed by atoms with Crippen molar-refractivity contribution in [2.45, 2.75) is 0 Å². The lowest BCUT2D eigenvalue weighted by atomic mass is 10.0. The molecule has 0 saturated heterocycles. The molecule has 144 valence electrons. The molecule has 0 amide bonds. The zero-order valence-electron chi connectivity index (χ0n) is 16.2. The minimum absolute atomic E-state index is 0.384. The fraction of sp³-hybridized carbons (Fsp3) is 0.0800. The molecule has 0 atom stereocenters. The smallest absolute Gasteiger partial charge is 0.343 e. The summed E-state index contributed by atoms with van der Waals surface area (Å²) >= 11 is 0. The fourth-order valence-corrected chi connectivity index (χ4v) is 3.19. The standard InChI is InChI=1S/C25H20O4/c1-27-22-13-12-20(23(16-22)28-2)14-21-15-24(29-25(21)26)19-10-8-18(9-11-19)17-6-4-3-5-7-17/h3-16H,1-2H3/b21-14-. The van der Waals surface area contributed by atoms with Crippen LogP contribution in [0, 0.1) is 0 Å². The molecule has 4 rings (SSSR count). The highest BCUT2D eigenvalue weighted by molar-refractivity contribution is 6.05. The Labute approximate surface area is 169 Å². The Bertz CT molecular complexity index is 1090. The molecule has 4 heteroatoms. The quantitative estimate of drug-likeness (QED) is 0.439. The van der Waals surface area contributed by atoms with E-state index in [0.29, 0.717) is 22.8 Å². The highest BCUT2D eigenvalue weighted by Crippen LogP contribution is 2.32. The zero-order chi connectivity index (χ0) is 20.2. The summed E-state index contributed by atoms with van der Waals surface area (Å²) in [6.07, 6.45) is 3.51. The molecule has 1 aliphatic heterocycles. The van der Waals surface area contributed by atoms with Crippen molar-refractivity contribution in [3.63, 3.8) is 0 Å². The minimum Gasteiger partial charge on any atom is -0.497 e. The van der Waals surface area contributed by atoms with Crippen molar-refractivity contribution in [3.8, 4) is 22.6 Å². The summed E-state index contributed by atoms with van der Waals surface area (Å²) < 4.78 is 16.1. The van der Waals surface area contributed by atoms with E-state index in [-0.39, 0.29) is 5.97 Å².